The summed E-state index contributed by atoms with van der Waals surface area (Å²) >= 11 is 0. The lowest BCUT2D eigenvalue weighted by Crippen LogP contribution is -2.08. The second-order valence-corrected chi connectivity index (χ2v) is 3.57. The Labute approximate surface area is 74.6 Å². The Bertz CT molecular complexity index is 224. The van der Waals surface area contributed by atoms with E-state index in [2.05, 4.69) is 32.0 Å². The molecule has 0 fully saturated rings. The van der Waals surface area contributed by atoms with E-state index in [1.165, 1.54) is 11.1 Å². The molecule has 1 rings (SSSR count). The van der Waals surface area contributed by atoms with E-state index in [0.717, 1.165) is 0 Å². The average Bonchev–Trinajstić information content (AvgIpc) is 2.04. The molecular weight excluding hydrogens is 146 g/mol. The average molecular weight is 163 g/mol. The van der Waals surface area contributed by atoms with Gasteiger partial charge >= 0.3 is 0 Å². The van der Waals surface area contributed by atoms with Gasteiger partial charge in [0.05, 0.1) is 0 Å². The van der Waals surface area contributed by atoms with Crippen molar-refractivity contribution in [2.24, 2.45) is 5.73 Å². The van der Waals surface area contributed by atoms with E-state index in [-0.39, 0.29) is 6.04 Å². The second-order valence-electron chi connectivity index (χ2n) is 3.57. The molecule has 0 amide bonds. The SMILES string of the molecule is CC(C)c1ccccc1[C@@H](C)N. The molecule has 12 heavy (non-hydrogen) atoms. The monoisotopic (exact) mass is 163 g/mol. The molecule has 0 saturated heterocycles. The van der Waals surface area contributed by atoms with Crippen molar-refractivity contribution in [3.63, 3.8) is 0 Å². The Balaban J connectivity index is 3.09. The Kier molecular flexibility index (Phi) is 2.88. The van der Waals surface area contributed by atoms with Gasteiger partial charge in [0.25, 0.3) is 0 Å². The lowest BCUT2D eigenvalue weighted by Gasteiger charge is -2.14. The van der Waals surface area contributed by atoms with Gasteiger partial charge in [-0.05, 0) is 24.0 Å². The van der Waals surface area contributed by atoms with Gasteiger partial charge < -0.3 is 5.73 Å². The maximum absolute atomic E-state index is 5.85. The summed E-state index contributed by atoms with van der Waals surface area (Å²) in [6.07, 6.45) is 0. The van der Waals surface area contributed by atoms with Gasteiger partial charge in [0.2, 0.25) is 0 Å². The van der Waals surface area contributed by atoms with Crippen LogP contribution < -0.4 is 5.73 Å². The summed E-state index contributed by atoms with van der Waals surface area (Å²) in [5, 5.41) is 0. The number of hydrogen-bond donors (Lipinski definition) is 1. The first-order chi connectivity index (χ1) is 5.63. The normalized spacial score (nSPS) is 13.4. The third kappa shape index (κ3) is 1.86. The van der Waals surface area contributed by atoms with Crippen molar-refractivity contribution in [1.82, 2.24) is 0 Å². The first-order valence-electron chi connectivity index (χ1n) is 4.47. The van der Waals surface area contributed by atoms with Crippen LogP contribution in [0.3, 0.4) is 0 Å². The molecule has 0 unspecified atom stereocenters. The standard InChI is InChI=1S/C11H17N/c1-8(2)10-6-4-5-7-11(10)9(3)12/h4-9H,12H2,1-3H3/t9-/m1/s1. The fraction of sp³-hybridized carbons (Fsp3) is 0.455. The van der Waals surface area contributed by atoms with E-state index in [0.29, 0.717) is 5.92 Å². The van der Waals surface area contributed by atoms with E-state index in [1.807, 2.05) is 13.0 Å². The maximum Gasteiger partial charge on any atom is 0.0268 e. The van der Waals surface area contributed by atoms with Crippen LogP contribution in [-0.4, -0.2) is 0 Å². The van der Waals surface area contributed by atoms with E-state index >= 15 is 0 Å². The smallest absolute Gasteiger partial charge is 0.0268 e. The predicted molar refractivity (Wildman–Crippen MR) is 53.1 cm³/mol. The van der Waals surface area contributed by atoms with Crippen LogP contribution in [0.2, 0.25) is 0 Å². The van der Waals surface area contributed by atoms with Crippen molar-refractivity contribution in [2.45, 2.75) is 32.7 Å². The van der Waals surface area contributed by atoms with E-state index < -0.39 is 0 Å². The Morgan fingerprint density at radius 2 is 1.50 bits per heavy atom. The van der Waals surface area contributed by atoms with Crippen molar-refractivity contribution in [3.8, 4) is 0 Å². The second kappa shape index (κ2) is 3.72. The molecule has 0 spiro atoms. The number of nitrogens with two attached hydrogens (primary N) is 1. The molecule has 1 aromatic carbocycles. The number of hydrogen-bond acceptors (Lipinski definition) is 1. The molecule has 1 heteroatoms. The summed E-state index contributed by atoms with van der Waals surface area (Å²) in [6.45, 7) is 6.42. The molecule has 0 aliphatic heterocycles. The fourth-order valence-corrected chi connectivity index (χ4v) is 1.45. The van der Waals surface area contributed by atoms with Crippen LogP contribution in [0.1, 0.15) is 43.9 Å². The Morgan fingerprint density at radius 3 is 1.83 bits per heavy atom. The van der Waals surface area contributed by atoms with Crippen molar-refractivity contribution >= 4 is 0 Å². The third-order valence-corrected chi connectivity index (χ3v) is 2.11. The Hall–Kier alpha value is -0.820. The lowest BCUT2D eigenvalue weighted by molar-refractivity contribution is 0.765. The van der Waals surface area contributed by atoms with E-state index in [4.69, 9.17) is 5.73 Å². The zero-order valence-corrected chi connectivity index (χ0v) is 8.04. The molecule has 0 radical (unpaired) electrons. The summed E-state index contributed by atoms with van der Waals surface area (Å²) in [7, 11) is 0. The quantitative estimate of drug-likeness (QED) is 0.712. The minimum atomic E-state index is 0.142. The number of rotatable bonds is 2. The molecule has 0 bridgehead atoms. The predicted octanol–water partition coefficient (Wildman–Crippen LogP) is 2.83. The molecule has 1 atom stereocenters. The molecule has 1 aromatic rings. The first-order valence-corrected chi connectivity index (χ1v) is 4.47. The van der Waals surface area contributed by atoms with Gasteiger partial charge in [-0.25, -0.2) is 0 Å². The number of benzene rings is 1. The van der Waals surface area contributed by atoms with Crippen LogP contribution in [0.5, 0.6) is 0 Å². The molecule has 0 heterocycles. The minimum Gasteiger partial charge on any atom is -0.324 e. The van der Waals surface area contributed by atoms with Crippen LogP contribution in [0.25, 0.3) is 0 Å². The van der Waals surface area contributed by atoms with Crippen LogP contribution in [0.4, 0.5) is 0 Å². The molecule has 66 valence electrons. The lowest BCUT2D eigenvalue weighted by atomic mass is 9.94. The fourth-order valence-electron chi connectivity index (χ4n) is 1.45. The molecule has 2 N–H and O–H groups in total. The van der Waals surface area contributed by atoms with E-state index in [1.54, 1.807) is 0 Å². The summed E-state index contributed by atoms with van der Waals surface area (Å²) in [4.78, 5) is 0. The molecule has 1 nitrogen and oxygen atoms in total. The summed E-state index contributed by atoms with van der Waals surface area (Å²) in [5.41, 5.74) is 8.49. The highest BCUT2D eigenvalue weighted by Crippen LogP contribution is 2.22. The maximum atomic E-state index is 5.85. The first kappa shape index (κ1) is 9.27. The summed E-state index contributed by atoms with van der Waals surface area (Å²) in [5.74, 6) is 0.562. The summed E-state index contributed by atoms with van der Waals surface area (Å²) < 4.78 is 0. The molecule has 0 aliphatic rings. The Morgan fingerprint density at radius 1 is 1.00 bits per heavy atom. The van der Waals surface area contributed by atoms with Crippen molar-refractivity contribution < 1.29 is 0 Å². The topological polar surface area (TPSA) is 26.0 Å². The highest BCUT2D eigenvalue weighted by Gasteiger charge is 2.07. The largest absolute Gasteiger partial charge is 0.324 e. The summed E-state index contributed by atoms with van der Waals surface area (Å²) in [6, 6.07) is 8.53. The highest BCUT2D eigenvalue weighted by atomic mass is 14.6. The van der Waals surface area contributed by atoms with Crippen molar-refractivity contribution in [1.29, 1.82) is 0 Å². The van der Waals surface area contributed by atoms with Crippen LogP contribution in [0, 0.1) is 0 Å². The molecule has 0 aromatic heterocycles. The van der Waals surface area contributed by atoms with Gasteiger partial charge in [-0.1, -0.05) is 38.1 Å². The van der Waals surface area contributed by atoms with Gasteiger partial charge in [-0.2, -0.15) is 0 Å². The van der Waals surface area contributed by atoms with Crippen LogP contribution in [0.15, 0.2) is 24.3 Å². The highest BCUT2D eigenvalue weighted by molar-refractivity contribution is 5.31. The molecule has 0 aliphatic carbocycles. The molecular formula is C11H17N. The minimum absolute atomic E-state index is 0.142. The van der Waals surface area contributed by atoms with Gasteiger partial charge in [0.1, 0.15) is 0 Å². The van der Waals surface area contributed by atoms with Crippen molar-refractivity contribution in [2.75, 3.05) is 0 Å². The van der Waals surface area contributed by atoms with Crippen LogP contribution in [-0.2, 0) is 0 Å². The zero-order valence-electron chi connectivity index (χ0n) is 8.04. The van der Waals surface area contributed by atoms with Gasteiger partial charge in [-0.15, -0.1) is 0 Å². The van der Waals surface area contributed by atoms with E-state index in [9.17, 15) is 0 Å². The third-order valence-electron chi connectivity index (χ3n) is 2.11. The van der Waals surface area contributed by atoms with Crippen molar-refractivity contribution in [3.05, 3.63) is 35.4 Å². The van der Waals surface area contributed by atoms with Gasteiger partial charge in [0.15, 0.2) is 0 Å². The zero-order chi connectivity index (χ0) is 9.14. The van der Waals surface area contributed by atoms with Gasteiger partial charge in [0, 0.05) is 6.04 Å². The molecule has 0 saturated carbocycles. The van der Waals surface area contributed by atoms with Gasteiger partial charge in [-0.3, -0.25) is 0 Å². The van der Waals surface area contributed by atoms with Crippen LogP contribution >= 0.6 is 0 Å².